The quantitative estimate of drug-likeness (QED) is 0.373. The third-order valence-corrected chi connectivity index (χ3v) is 6.94. The molecule has 2 aliphatic rings. The van der Waals surface area contributed by atoms with Crippen LogP contribution in [0.3, 0.4) is 0 Å². The molecule has 4 rings (SSSR count). The first kappa shape index (κ1) is 20.4. The summed E-state index contributed by atoms with van der Waals surface area (Å²) in [6, 6.07) is 8.48. The molecule has 1 saturated carbocycles. The van der Waals surface area contributed by atoms with E-state index in [9.17, 15) is 8.42 Å². The zero-order valence-corrected chi connectivity index (χ0v) is 18.5. The number of aryl methyl sites for hydroxylation is 1. The topological polar surface area (TPSA) is 83.7 Å². The lowest BCUT2D eigenvalue weighted by Crippen LogP contribution is -2.41. The monoisotopic (exact) mass is 503 g/mol. The second-order valence-corrected chi connectivity index (χ2v) is 9.60. The molecule has 0 radical (unpaired) electrons. The number of aliphatic imine (C=N–C) groups is 1. The molecule has 8 heteroatoms. The Morgan fingerprint density at radius 2 is 2.04 bits per heavy atom. The molecule has 0 bridgehead atoms. The smallest absolute Gasteiger partial charge is 0.191 e. The maximum absolute atomic E-state index is 11.6. The van der Waals surface area contributed by atoms with Gasteiger partial charge in [0.15, 0.2) is 15.8 Å². The highest BCUT2D eigenvalue weighted by Gasteiger charge is 2.28. The Morgan fingerprint density at radius 3 is 2.74 bits per heavy atom. The van der Waals surface area contributed by atoms with Crippen LogP contribution < -0.4 is 10.6 Å². The van der Waals surface area contributed by atoms with Crippen molar-refractivity contribution in [2.24, 2.45) is 10.9 Å². The molecule has 2 aromatic rings. The molecular weight excluding hydrogens is 477 g/mol. The highest BCUT2D eigenvalue weighted by atomic mass is 127. The molecule has 1 atom stereocenters. The van der Waals surface area contributed by atoms with Gasteiger partial charge in [0, 0.05) is 23.5 Å². The predicted molar refractivity (Wildman–Crippen MR) is 118 cm³/mol. The first-order chi connectivity index (χ1) is 12.5. The van der Waals surface area contributed by atoms with Gasteiger partial charge in [-0.25, -0.2) is 13.4 Å². The number of fused-ring (bicyclic) bond motifs is 1. The Bertz CT molecular complexity index is 935. The highest BCUT2D eigenvalue weighted by Crippen LogP contribution is 2.26. The fraction of sp³-hybridized carbons (Fsp3) is 0.526. The zero-order valence-electron chi connectivity index (χ0n) is 15.4. The molecule has 2 N–H and O–H groups in total. The number of sulfone groups is 1. The number of benzene rings is 1. The van der Waals surface area contributed by atoms with E-state index < -0.39 is 9.84 Å². The summed E-state index contributed by atoms with van der Waals surface area (Å²) in [5.74, 6) is 2.41. The fourth-order valence-corrected chi connectivity index (χ4v) is 5.29. The largest absolute Gasteiger partial charge is 0.461 e. The highest BCUT2D eigenvalue weighted by molar-refractivity contribution is 14.0. The van der Waals surface area contributed by atoms with Crippen molar-refractivity contribution in [1.82, 2.24) is 10.6 Å². The lowest BCUT2D eigenvalue weighted by atomic mass is 10.1. The van der Waals surface area contributed by atoms with Gasteiger partial charge in [-0.15, -0.1) is 24.0 Å². The number of nitrogens with zero attached hydrogens (tertiary/aromatic N) is 1. The zero-order chi connectivity index (χ0) is 18.1. The Balaban J connectivity index is 0.00000210. The molecule has 1 aromatic carbocycles. The summed E-state index contributed by atoms with van der Waals surface area (Å²) in [6.45, 7) is 3.15. The second kappa shape index (κ2) is 8.38. The van der Waals surface area contributed by atoms with E-state index >= 15 is 0 Å². The van der Waals surface area contributed by atoms with Crippen molar-refractivity contribution in [3.8, 4) is 0 Å². The van der Waals surface area contributed by atoms with E-state index in [0.29, 0.717) is 24.9 Å². The van der Waals surface area contributed by atoms with Crippen LogP contribution in [-0.2, 0) is 16.4 Å². The van der Waals surface area contributed by atoms with Crippen molar-refractivity contribution < 1.29 is 12.8 Å². The van der Waals surface area contributed by atoms with Gasteiger partial charge in [-0.1, -0.05) is 18.2 Å². The van der Waals surface area contributed by atoms with Gasteiger partial charge >= 0.3 is 0 Å². The van der Waals surface area contributed by atoms with Crippen LogP contribution in [0.25, 0.3) is 11.0 Å². The Hall–Kier alpha value is -1.29. The van der Waals surface area contributed by atoms with Gasteiger partial charge < -0.3 is 15.1 Å². The minimum absolute atomic E-state index is 0. The summed E-state index contributed by atoms with van der Waals surface area (Å²) in [5, 5.41) is 7.87. The predicted octanol–water partition coefficient (Wildman–Crippen LogP) is 2.99. The van der Waals surface area contributed by atoms with Gasteiger partial charge in [0.1, 0.15) is 11.3 Å². The van der Waals surface area contributed by atoms with Crippen molar-refractivity contribution in [1.29, 1.82) is 0 Å². The number of para-hydroxylation sites is 1. The van der Waals surface area contributed by atoms with Gasteiger partial charge in [0.2, 0.25) is 0 Å². The maximum atomic E-state index is 11.6. The Kier molecular flexibility index (Phi) is 6.35. The van der Waals surface area contributed by atoms with E-state index in [-0.39, 0.29) is 35.6 Å². The van der Waals surface area contributed by atoms with E-state index in [1.54, 1.807) is 0 Å². The van der Waals surface area contributed by atoms with Crippen molar-refractivity contribution in [2.75, 3.05) is 18.1 Å². The fourth-order valence-electron chi connectivity index (χ4n) is 3.42. The number of guanidine groups is 1. The summed E-state index contributed by atoms with van der Waals surface area (Å²) in [7, 11) is -2.84. The average Bonchev–Trinajstić information content (AvgIpc) is 3.27. The molecule has 2 fully saturated rings. The second-order valence-electron chi connectivity index (χ2n) is 7.37. The molecule has 148 valence electrons. The van der Waals surface area contributed by atoms with Gasteiger partial charge in [-0.05, 0) is 38.2 Å². The minimum Gasteiger partial charge on any atom is -0.461 e. The molecule has 0 spiro atoms. The van der Waals surface area contributed by atoms with Crippen molar-refractivity contribution >= 4 is 50.7 Å². The summed E-state index contributed by atoms with van der Waals surface area (Å²) >= 11 is 0. The van der Waals surface area contributed by atoms with Crippen LogP contribution in [0.1, 0.15) is 30.6 Å². The van der Waals surface area contributed by atoms with E-state index in [0.717, 1.165) is 47.5 Å². The molecule has 1 aliphatic heterocycles. The van der Waals surface area contributed by atoms with Crippen molar-refractivity contribution in [3.05, 3.63) is 35.6 Å². The average molecular weight is 503 g/mol. The van der Waals surface area contributed by atoms with Crippen LogP contribution in [0.5, 0.6) is 0 Å². The van der Waals surface area contributed by atoms with Crippen molar-refractivity contribution in [3.63, 3.8) is 0 Å². The van der Waals surface area contributed by atoms with Crippen LogP contribution in [0.15, 0.2) is 33.7 Å². The van der Waals surface area contributed by atoms with Gasteiger partial charge in [0.05, 0.1) is 18.1 Å². The Morgan fingerprint density at radius 1 is 1.26 bits per heavy atom. The van der Waals surface area contributed by atoms with Crippen LogP contribution in [0.2, 0.25) is 0 Å². The van der Waals surface area contributed by atoms with E-state index in [4.69, 9.17) is 9.41 Å². The lowest BCUT2D eigenvalue weighted by molar-refractivity contribution is 0.564. The summed E-state index contributed by atoms with van der Waals surface area (Å²) in [4.78, 5) is 4.74. The first-order valence-corrected chi connectivity index (χ1v) is 11.0. The number of nitrogens with one attached hydrogen (secondary N) is 2. The Labute approximate surface area is 177 Å². The summed E-state index contributed by atoms with van der Waals surface area (Å²) in [6.07, 6.45) is 3.05. The standard InChI is InChI=1S/C19H25N3O3S.HI/c1-13-17(16-4-2-3-5-18(16)25-13)11-21-19(22-15-6-7-15)20-10-14-8-9-26(23,24)12-14;/h2-5,14-15H,6-12H2,1H3,(H2,20,21,22);1H. The molecule has 27 heavy (non-hydrogen) atoms. The normalized spacial score (nSPS) is 21.8. The van der Waals surface area contributed by atoms with E-state index in [1.807, 2.05) is 25.1 Å². The third-order valence-electron chi connectivity index (χ3n) is 5.10. The molecule has 1 saturated heterocycles. The van der Waals surface area contributed by atoms with Crippen LogP contribution >= 0.6 is 24.0 Å². The molecule has 6 nitrogen and oxygen atoms in total. The minimum atomic E-state index is -2.84. The molecule has 1 unspecified atom stereocenters. The van der Waals surface area contributed by atoms with Crippen LogP contribution in [0.4, 0.5) is 0 Å². The molecule has 0 amide bonds. The van der Waals surface area contributed by atoms with Crippen LogP contribution in [0, 0.1) is 12.8 Å². The SMILES string of the molecule is Cc1oc2ccccc2c1CN=C(NCC1CCS(=O)(=O)C1)NC1CC1.I. The molecule has 1 aliphatic carbocycles. The third kappa shape index (κ3) is 5.16. The van der Waals surface area contributed by atoms with Crippen LogP contribution in [-0.4, -0.2) is 38.5 Å². The van der Waals surface area contributed by atoms with Gasteiger partial charge in [-0.2, -0.15) is 0 Å². The van der Waals surface area contributed by atoms with Gasteiger partial charge in [-0.3, -0.25) is 0 Å². The maximum Gasteiger partial charge on any atom is 0.191 e. The number of furan rings is 1. The molecular formula is C19H26IN3O3S. The molecule has 2 heterocycles. The van der Waals surface area contributed by atoms with Crippen molar-refractivity contribution in [2.45, 2.75) is 38.8 Å². The van der Waals surface area contributed by atoms with E-state index in [2.05, 4.69) is 16.7 Å². The number of rotatable bonds is 5. The number of hydrogen-bond donors (Lipinski definition) is 2. The lowest BCUT2D eigenvalue weighted by Gasteiger charge is -2.14. The summed E-state index contributed by atoms with van der Waals surface area (Å²) in [5.41, 5.74) is 1.98. The summed E-state index contributed by atoms with van der Waals surface area (Å²) < 4.78 is 29.1. The van der Waals surface area contributed by atoms with E-state index in [1.165, 1.54) is 0 Å². The number of hydrogen-bond acceptors (Lipinski definition) is 4. The first-order valence-electron chi connectivity index (χ1n) is 9.22. The number of halogens is 1. The van der Waals surface area contributed by atoms with Gasteiger partial charge in [0.25, 0.3) is 0 Å². The molecule has 1 aromatic heterocycles.